The standard InChI is InChI=1S/C19H18ClN3O3/c1-3-15(20)5-4-13(2)7-9-23-16(12-24)11-22-18(23)17-10-14(19(25)26)6-8-21-17/h1,4-6,8,10-11,24H,7,9,12H2,2H3,(H,25,26)/b13-4+,15-5+. The Balaban J connectivity index is 2.29. The lowest BCUT2D eigenvalue weighted by molar-refractivity contribution is 0.0697. The largest absolute Gasteiger partial charge is 0.478 e. The smallest absolute Gasteiger partial charge is 0.335 e. The molecule has 0 aromatic carbocycles. The van der Waals surface area contributed by atoms with Crippen LogP contribution in [0.4, 0.5) is 0 Å². The Morgan fingerprint density at radius 3 is 2.85 bits per heavy atom. The van der Waals surface area contributed by atoms with Crippen LogP contribution >= 0.6 is 11.6 Å². The molecule has 0 amide bonds. The lowest BCUT2D eigenvalue weighted by Gasteiger charge is -2.11. The van der Waals surface area contributed by atoms with Gasteiger partial charge in [-0.25, -0.2) is 9.78 Å². The second kappa shape index (κ2) is 8.99. The van der Waals surface area contributed by atoms with Crippen LogP contribution in [0.5, 0.6) is 0 Å². The lowest BCUT2D eigenvalue weighted by atomic mass is 10.2. The minimum Gasteiger partial charge on any atom is -0.478 e. The number of aliphatic hydroxyl groups excluding tert-OH is 1. The molecule has 0 saturated heterocycles. The van der Waals surface area contributed by atoms with Crippen LogP contribution in [0.15, 0.2) is 47.3 Å². The average Bonchev–Trinajstić information content (AvgIpc) is 3.07. The highest BCUT2D eigenvalue weighted by Gasteiger charge is 2.14. The second-order valence-electron chi connectivity index (χ2n) is 5.54. The number of rotatable bonds is 7. The molecule has 0 fully saturated rings. The normalized spacial score (nSPS) is 12.1. The first-order valence-corrected chi connectivity index (χ1v) is 8.18. The number of allylic oxidation sites excluding steroid dienone is 4. The van der Waals surface area contributed by atoms with Gasteiger partial charge in [0.15, 0.2) is 5.82 Å². The van der Waals surface area contributed by atoms with Gasteiger partial charge in [0.2, 0.25) is 0 Å². The molecule has 0 saturated carbocycles. The average molecular weight is 372 g/mol. The summed E-state index contributed by atoms with van der Waals surface area (Å²) in [6, 6.07) is 2.88. The summed E-state index contributed by atoms with van der Waals surface area (Å²) in [6.07, 6.45) is 12.3. The number of carboxylic acids is 1. The van der Waals surface area contributed by atoms with E-state index in [0.29, 0.717) is 35.2 Å². The van der Waals surface area contributed by atoms with Gasteiger partial charge in [-0.1, -0.05) is 29.2 Å². The molecule has 0 unspecified atom stereocenters. The number of pyridine rings is 1. The molecule has 7 heteroatoms. The number of aromatic nitrogens is 3. The molecule has 134 valence electrons. The molecule has 0 atom stereocenters. The summed E-state index contributed by atoms with van der Waals surface area (Å²) in [5.41, 5.74) is 2.21. The zero-order valence-corrected chi connectivity index (χ0v) is 14.9. The third-order valence-electron chi connectivity index (χ3n) is 3.72. The Morgan fingerprint density at radius 2 is 2.19 bits per heavy atom. The number of hydrogen-bond acceptors (Lipinski definition) is 4. The first-order chi connectivity index (χ1) is 12.5. The molecule has 0 bridgehead atoms. The highest BCUT2D eigenvalue weighted by molar-refractivity contribution is 6.32. The van der Waals surface area contributed by atoms with Crippen LogP contribution in [-0.4, -0.2) is 30.7 Å². The van der Waals surface area contributed by atoms with Gasteiger partial charge in [0.05, 0.1) is 29.1 Å². The molecule has 6 nitrogen and oxygen atoms in total. The van der Waals surface area contributed by atoms with Crippen LogP contribution in [0.2, 0.25) is 0 Å². The van der Waals surface area contributed by atoms with Crippen molar-refractivity contribution >= 4 is 17.6 Å². The van der Waals surface area contributed by atoms with Gasteiger partial charge >= 0.3 is 5.97 Å². The van der Waals surface area contributed by atoms with Crippen molar-refractivity contribution in [3.05, 3.63) is 58.5 Å². The second-order valence-corrected chi connectivity index (χ2v) is 5.95. The Hall–Kier alpha value is -2.88. The van der Waals surface area contributed by atoms with Crippen LogP contribution in [0.25, 0.3) is 11.5 Å². The molecule has 26 heavy (non-hydrogen) atoms. The first-order valence-electron chi connectivity index (χ1n) is 7.80. The summed E-state index contributed by atoms with van der Waals surface area (Å²) >= 11 is 5.78. The molecule has 0 aliphatic heterocycles. The zero-order chi connectivity index (χ0) is 19.1. The molecule has 0 radical (unpaired) electrons. The summed E-state index contributed by atoms with van der Waals surface area (Å²) < 4.78 is 1.82. The van der Waals surface area contributed by atoms with E-state index < -0.39 is 5.97 Å². The number of terminal acetylenes is 1. The maximum absolute atomic E-state index is 11.2. The van der Waals surface area contributed by atoms with Crippen molar-refractivity contribution < 1.29 is 15.0 Å². The van der Waals surface area contributed by atoms with E-state index >= 15 is 0 Å². The van der Waals surface area contributed by atoms with Crippen molar-refractivity contribution in [1.29, 1.82) is 0 Å². The number of imidazole rings is 1. The monoisotopic (exact) mass is 371 g/mol. The van der Waals surface area contributed by atoms with Gasteiger partial charge in [-0.3, -0.25) is 4.98 Å². The third kappa shape index (κ3) is 4.82. The van der Waals surface area contributed by atoms with Gasteiger partial charge in [0.1, 0.15) is 5.69 Å². The van der Waals surface area contributed by atoms with Crippen LogP contribution in [0, 0.1) is 12.3 Å². The number of hydrogen-bond donors (Lipinski definition) is 2. The van der Waals surface area contributed by atoms with E-state index in [1.165, 1.54) is 18.3 Å². The Labute approximate surface area is 156 Å². The number of carbonyl (C=O) groups is 1. The van der Waals surface area contributed by atoms with Crippen LogP contribution in [0.1, 0.15) is 29.4 Å². The molecule has 0 aliphatic carbocycles. The van der Waals surface area contributed by atoms with E-state index in [0.717, 1.165) is 5.57 Å². The highest BCUT2D eigenvalue weighted by atomic mass is 35.5. The van der Waals surface area contributed by atoms with E-state index in [-0.39, 0.29) is 12.2 Å². The predicted molar refractivity (Wildman–Crippen MR) is 99.5 cm³/mol. The van der Waals surface area contributed by atoms with Crippen LogP contribution < -0.4 is 0 Å². The van der Waals surface area contributed by atoms with Gasteiger partial charge in [0.25, 0.3) is 0 Å². The quantitative estimate of drug-likeness (QED) is 0.576. The molecular formula is C19H18ClN3O3. The molecule has 2 N–H and O–H groups in total. The predicted octanol–water partition coefficient (Wildman–Crippen LogP) is 3.23. The summed E-state index contributed by atoms with van der Waals surface area (Å²) in [5, 5.41) is 19.0. The van der Waals surface area contributed by atoms with E-state index in [9.17, 15) is 9.90 Å². The number of nitrogens with zero attached hydrogens (tertiary/aromatic N) is 3. The van der Waals surface area contributed by atoms with E-state index in [1.54, 1.807) is 12.3 Å². The Kier molecular flexibility index (Phi) is 6.73. The zero-order valence-electron chi connectivity index (χ0n) is 14.2. The number of halogens is 1. The summed E-state index contributed by atoms with van der Waals surface area (Å²) in [5.74, 6) is 1.80. The van der Waals surface area contributed by atoms with Gasteiger partial charge in [-0.05, 0) is 31.6 Å². The summed E-state index contributed by atoms with van der Waals surface area (Å²) in [4.78, 5) is 19.7. The SMILES string of the molecule is C#C/C(Cl)=C\C=C(/C)CCn1c(CO)cnc1-c1cc(C(=O)O)ccn1. The van der Waals surface area contributed by atoms with E-state index in [4.69, 9.17) is 23.1 Å². The maximum Gasteiger partial charge on any atom is 0.335 e. The van der Waals surface area contributed by atoms with Crippen molar-refractivity contribution in [3.8, 4) is 23.9 Å². The molecular weight excluding hydrogens is 354 g/mol. The van der Waals surface area contributed by atoms with Crippen molar-refractivity contribution in [3.63, 3.8) is 0 Å². The number of aromatic carboxylic acids is 1. The fraction of sp³-hybridized carbons (Fsp3) is 0.211. The third-order valence-corrected chi connectivity index (χ3v) is 3.95. The molecule has 2 aromatic heterocycles. The maximum atomic E-state index is 11.2. The van der Waals surface area contributed by atoms with E-state index in [1.807, 2.05) is 17.6 Å². The first kappa shape index (κ1) is 19.4. The topological polar surface area (TPSA) is 88.2 Å². The lowest BCUT2D eigenvalue weighted by Crippen LogP contribution is -2.07. The minimum absolute atomic E-state index is 0.125. The van der Waals surface area contributed by atoms with Crippen molar-refractivity contribution in [1.82, 2.24) is 14.5 Å². The Morgan fingerprint density at radius 1 is 1.42 bits per heavy atom. The summed E-state index contributed by atoms with van der Waals surface area (Å²) in [6.45, 7) is 2.29. The highest BCUT2D eigenvalue weighted by Crippen LogP contribution is 2.20. The molecule has 0 spiro atoms. The fourth-order valence-electron chi connectivity index (χ4n) is 2.31. The fourth-order valence-corrected chi connectivity index (χ4v) is 2.38. The number of aliphatic hydroxyl groups is 1. The minimum atomic E-state index is -1.04. The number of carboxylic acid groups (broad SMARTS) is 1. The van der Waals surface area contributed by atoms with Crippen molar-refractivity contribution in [2.24, 2.45) is 0 Å². The molecule has 2 heterocycles. The molecule has 2 aromatic rings. The van der Waals surface area contributed by atoms with Gasteiger partial charge in [-0.15, -0.1) is 6.42 Å². The summed E-state index contributed by atoms with van der Waals surface area (Å²) in [7, 11) is 0. The van der Waals surface area contributed by atoms with Crippen molar-refractivity contribution in [2.45, 2.75) is 26.5 Å². The van der Waals surface area contributed by atoms with Crippen LogP contribution in [-0.2, 0) is 13.2 Å². The molecule has 2 rings (SSSR count). The van der Waals surface area contributed by atoms with Gasteiger partial charge < -0.3 is 14.8 Å². The van der Waals surface area contributed by atoms with Gasteiger partial charge in [-0.2, -0.15) is 0 Å². The van der Waals surface area contributed by atoms with Crippen molar-refractivity contribution in [2.75, 3.05) is 0 Å². The van der Waals surface area contributed by atoms with Gasteiger partial charge in [0, 0.05) is 12.7 Å². The van der Waals surface area contributed by atoms with E-state index in [2.05, 4.69) is 15.9 Å². The molecule has 0 aliphatic rings. The Bertz CT molecular complexity index is 907. The van der Waals surface area contributed by atoms with Crippen LogP contribution in [0.3, 0.4) is 0 Å².